The highest BCUT2D eigenvalue weighted by molar-refractivity contribution is 4.97. The van der Waals surface area contributed by atoms with Crippen LogP contribution in [0.1, 0.15) is 52.4 Å². The Morgan fingerprint density at radius 2 is 1.74 bits per heavy atom. The Balaban J connectivity index is 2.26. The van der Waals surface area contributed by atoms with Crippen molar-refractivity contribution in [2.75, 3.05) is 40.8 Å². The van der Waals surface area contributed by atoms with Crippen LogP contribution in [0, 0.1) is 5.41 Å². The summed E-state index contributed by atoms with van der Waals surface area (Å²) in [7, 11) is 6.74. The third-order valence-corrected chi connectivity index (χ3v) is 5.01. The van der Waals surface area contributed by atoms with Gasteiger partial charge in [-0.05, 0) is 78.2 Å². The maximum atomic E-state index is 5.67. The van der Waals surface area contributed by atoms with Gasteiger partial charge in [0, 0.05) is 12.1 Å². The topological polar surface area (TPSA) is 32.5 Å². The van der Waals surface area contributed by atoms with Crippen molar-refractivity contribution in [3.63, 3.8) is 0 Å². The summed E-state index contributed by atoms with van der Waals surface area (Å²) < 4.78 is 0. The zero-order chi connectivity index (χ0) is 14.5. The first-order chi connectivity index (χ1) is 8.81. The zero-order valence-corrected chi connectivity index (χ0v) is 13.8. The van der Waals surface area contributed by atoms with E-state index in [0.29, 0.717) is 11.0 Å². The van der Waals surface area contributed by atoms with Crippen LogP contribution in [0.25, 0.3) is 0 Å². The molecule has 1 aliphatic rings. The Morgan fingerprint density at radius 1 is 1.11 bits per heavy atom. The van der Waals surface area contributed by atoms with Gasteiger partial charge in [0.25, 0.3) is 0 Å². The molecule has 1 fully saturated rings. The molecule has 0 atom stereocenters. The molecule has 0 spiro atoms. The lowest BCUT2D eigenvalue weighted by Crippen LogP contribution is -2.56. The van der Waals surface area contributed by atoms with Crippen LogP contribution in [-0.4, -0.2) is 56.1 Å². The third-order valence-electron chi connectivity index (χ3n) is 5.01. The van der Waals surface area contributed by atoms with E-state index in [9.17, 15) is 0 Å². The van der Waals surface area contributed by atoms with Gasteiger partial charge in [-0.1, -0.05) is 13.8 Å². The van der Waals surface area contributed by atoms with Crippen molar-refractivity contribution in [2.45, 2.75) is 57.9 Å². The molecule has 3 nitrogen and oxygen atoms in total. The van der Waals surface area contributed by atoms with Crippen molar-refractivity contribution < 1.29 is 0 Å². The summed E-state index contributed by atoms with van der Waals surface area (Å²) in [6, 6.07) is 0. The molecule has 0 aliphatic heterocycles. The second-order valence-electron chi connectivity index (χ2n) is 7.52. The molecule has 1 saturated carbocycles. The molecule has 0 amide bonds. The van der Waals surface area contributed by atoms with Gasteiger partial charge in [0.15, 0.2) is 0 Å². The molecule has 0 aromatic carbocycles. The minimum Gasteiger partial charge on any atom is -0.330 e. The monoisotopic (exact) mass is 269 g/mol. The molecule has 0 unspecified atom stereocenters. The molecule has 0 heterocycles. The van der Waals surface area contributed by atoms with E-state index < -0.39 is 0 Å². The maximum Gasteiger partial charge on any atom is 0.0330 e. The van der Waals surface area contributed by atoms with Crippen LogP contribution in [0.5, 0.6) is 0 Å². The van der Waals surface area contributed by atoms with Crippen LogP contribution < -0.4 is 5.73 Å². The quantitative estimate of drug-likeness (QED) is 0.698. The normalized spacial score (nSPS) is 18.9. The second-order valence-corrected chi connectivity index (χ2v) is 7.52. The highest BCUT2D eigenvalue weighted by atomic mass is 15.2. The average molecular weight is 269 g/mol. The van der Waals surface area contributed by atoms with Crippen LogP contribution >= 0.6 is 0 Å². The summed E-state index contributed by atoms with van der Waals surface area (Å²) in [5.41, 5.74) is 6.54. The molecular weight excluding hydrogens is 234 g/mol. The molecule has 114 valence electrons. The zero-order valence-electron chi connectivity index (χ0n) is 13.8. The fourth-order valence-electron chi connectivity index (χ4n) is 3.26. The van der Waals surface area contributed by atoms with Gasteiger partial charge in [-0.25, -0.2) is 0 Å². The van der Waals surface area contributed by atoms with Crippen molar-refractivity contribution in [1.29, 1.82) is 0 Å². The summed E-state index contributed by atoms with van der Waals surface area (Å²) in [6.45, 7) is 7.92. The lowest BCUT2D eigenvalue weighted by molar-refractivity contribution is 0.0269. The smallest absolute Gasteiger partial charge is 0.0330 e. The van der Waals surface area contributed by atoms with Crippen LogP contribution in [0.15, 0.2) is 0 Å². The van der Waals surface area contributed by atoms with Crippen LogP contribution in [0.3, 0.4) is 0 Å². The number of likely N-dealkylation sites (N-methyl/N-ethyl adjacent to an activating group) is 2. The van der Waals surface area contributed by atoms with E-state index in [-0.39, 0.29) is 0 Å². The van der Waals surface area contributed by atoms with E-state index in [4.69, 9.17) is 5.73 Å². The highest BCUT2D eigenvalue weighted by Crippen LogP contribution is 2.36. The van der Waals surface area contributed by atoms with Gasteiger partial charge in [-0.3, -0.25) is 0 Å². The van der Waals surface area contributed by atoms with Gasteiger partial charge in [0.2, 0.25) is 0 Å². The van der Waals surface area contributed by atoms with E-state index >= 15 is 0 Å². The summed E-state index contributed by atoms with van der Waals surface area (Å²) in [4.78, 5) is 4.96. The summed E-state index contributed by atoms with van der Waals surface area (Å²) in [5, 5.41) is 0. The number of hydrogen-bond donors (Lipinski definition) is 1. The van der Waals surface area contributed by atoms with Crippen LogP contribution in [0.4, 0.5) is 0 Å². The first-order valence-corrected chi connectivity index (χ1v) is 7.87. The first-order valence-electron chi connectivity index (χ1n) is 7.87. The van der Waals surface area contributed by atoms with Crippen molar-refractivity contribution in [3.05, 3.63) is 0 Å². The molecule has 0 aromatic heterocycles. The van der Waals surface area contributed by atoms with E-state index in [1.165, 1.54) is 45.2 Å². The van der Waals surface area contributed by atoms with Crippen molar-refractivity contribution in [3.8, 4) is 0 Å². The van der Waals surface area contributed by atoms with E-state index in [1.54, 1.807) is 0 Å². The van der Waals surface area contributed by atoms with Gasteiger partial charge in [-0.2, -0.15) is 0 Å². The van der Waals surface area contributed by atoms with Crippen LogP contribution in [-0.2, 0) is 0 Å². The number of hydrogen-bond acceptors (Lipinski definition) is 3. The molecule has 0 radical (unpaired) electrons. The third kappa shape index (κ3) is 5.05. The van der Waals surface area contributed by atoms with E-state index in [2.05, 4.69) is 44.8 Å². The maximum absolute atomic E-state index is 5.67. The Morgan fingerprint density at radius 3 is 2.16 bits per heavy atom. The minimum absolute atomic E-state index is 0.408. The molecule has 3 heteroatoms. The number of nitrogens with two attached hydrogens (primary N) is 1. The Hall–Kier alpha value is -0.120. The predicted molar refractivity (Wildman–Crippen MR) is 84.5 cm³/mol. The molecular formula is C16H35N3. The lowest BCUT2D eigenvalue weighted by atomic mass is 9.75. The molecule has 1 rings (SSSR count). The van der Waals surface area contributed by atoms with Gasteiger partial charge in [0.05, 0.1) is 0 Å². The fraction of sp³-hybridized carbons (Fsp3) is 1.00. The Bertz CT molecular complexity index is 257. The van der Waals surface area contributed by atoms with Crippen LogP contribution in [0.2, 0.25) is 0 Å². The standard InChI is InChI=1S/C16H35N3/c1-15(2,11-12-17)8-7-13-19(5)14-16(18(3)4)9-6-10-16/h6-14,17H2,1-5H3. The summed E-state index contributed by atoms with van der Waals surface area (Å²) in [6.07, 6.45) is 7.83. The van der Waals surface area contributed by atoms with E-state index in [1.807, 2.05) is 0 Å². The van der Waals surface area contributed by atoms with Gasteiger partial charge < -0.3 is 15.5 Å². The average Bonchev–Trinajstić information content (AvgIpc) is 2.22. The summed E-state index contributed by atoms with van der Waals surface area (Å²) >= 11 is 0. The second kappa shape index (κ2) is 7.05. The number of nitrogens with zero attached hydrogens (tertiary/aromatic N) is 2. The first kappa shape index (κ1) is 16.9. The molecule has 19 heavy (non-hydrogen) atoms. The van der Waals surface area contributed by atoms with Crippen molar-refractivity contribution in [2.24, 2.45) is 11.1 Å². The molecule has 0 saturated heterocycles. The summed E-state index contributed by atoms with van der Waals surface area (Å²) in [5.74, 6) is 0. The van der Waals surface area contributed by atoms with Gasteiger partial charge in [-0.15, -0.1) is 0 Å². The highest BCUT2D eigenvalue weighted by Gasteiger charge is 2.39. The largest absolute Gasteiger partial charge is 0.330 e. The Kier molecular flexibility index (Phi) is 6.28. The minimum atomic E-state index is 0.408. The molecule has 0 bridgehead atoms. The predicted octanol–water partition coefficient (Wildman–Crippen LogP) is 2.56. The number of rotatable bonds is 9. The van der Waals surface area contributed by atoms with E-state index in [0.717, 1.165) is 13.0 Å². The van der Waals surface area contributed by atoms with Gasteiger partial charge >= 0.3 is 0 Å². The lowest BCUT2D eigenvalue weighted by Gasteiger charge is -2.49. The fourth-order valence-corrected chi connectivity index (χ4v) is 3.26. The van der Waals surface area contributed by atoms with Gasteiger partial charge in [0.1, 0.15) is 0 Å². The molecule has 0 aromatic rings. The van der Waals surface area contributed by atoms with Crippen molar-refractivity contribution in [1.82, 2.24) is 9.80 Å². The Labute approximate surface area is 120 Å². The van der Waals surface area contributed by atoms with Crippen molar-refractivity contribution >= 4 is 0 Å². The molecule has 2 N–H and O–H groups in total. The SMILES string of the molecule is CN(CCCC(C)(C)CCN)CC1(N(C)C)CCC1. The molecule has 1 aliphatic carbocycles.